The molecule has 1 aromatic heterocycles. The van der Waals surface area contributed by atoms with Crippen LogP contribution in [0.1, 0.15) is 22.3 Å². The molecule has 2 rings (SSSR count). The standard InChI is InChI=1S/C10H12N2O2/c1-8-5-9(7-11-6-8)10(13)12-3-2-4-14-12/h5-7H,2-4H2,1H3. The van der Waals surface area contributed by atoms with Crippen LogP contribution in [0.4, 0.5) is 0 Å². The Morgan fingerprint density at radius 3 is 3.07 bits per heavy atom. The first-order chi connectivity index (χ1) is 6.77. The lowest BCUT2D eigenvalue weighted by Gasteiger charge is -2.13. The molecule has 1 aromatic rings. The first kappa shape index (κ1) is 9.15. The minimum Gasteiger partial charge on any atom is -0.271 e. The average molecular weight is 192 g/mol. The highest BCUT2D eigenvalue weighted by Gasteiger charge is 2.20. The van der Waals surface area contributed by atoms with Crippen molar-refractivity contribution < 1.29 is 9.63 Å². The fourth-order valence-electron chi connectivity index (χ4n) is 1.42. The summed E-state index contributed by atoms with van der Waals surface area (Å²) in [5.41, 5.74) is 1.57. The van der Waals surface area contributed by atoms with Gasteiger partial charge in [-0.2, -0.15) is 0 Å². The largest absolute Gasteiger partial charge is 0.278 e. The molecule has 1 fully saturated rings. The second-order valence-corrected chi connectivity index (χ2v) is 3.35. The van der Waals surface area contributed by atoms with Crippen LogP contribution in [-0.2, 0) is 4.84 Å². The fraction of sp³-hybridized carbons (Fsp3) is 0.400. The minimum atomic E-state index is -0.0984. The molecular weight excluding hydrogens is 180 g/mol. The number of aryl methyl sites for hydroxylation is 1. The van der Waals surface area contributed by atoms with Gasteiger partial charge in [0, 0.05) is 12.4 Å². The third kappa shape index (κ3) is 1.75. The number of amides is 1. The number of aromatic nitrogens is 1. The van der Waals surface area contributed by atoms with Crippen molar-refractivity contribution in [1.82, 2.24) is 10.0 Å². The Hall–Kier alpha value is -1.42. The van der Waals surface area contributed by atoms with E-state index in [0.29, 0.717) is 18.7 Å². The number of hydroxylamine groups is 2. The zero-order valence-corrected chi connectivity index (χ0v) is 8.06. The van der Waals surface area contributed by atoms with Gasteiger partial charge in [-0.3, -0.25) is 14.6 Å². The van der Waals surface area contributed by atoms with Gasteiger partial charge in [0.05, 0.1) is 18.7 Å². The summed E-state index contributed by atoms with van der Waals surface area (Å²) in [5, 5.41) is 1.40. The molecule has 0 radical (unpaired) electrons. The van der Waals surface area contributed by atoms with E-state index in [-0.39, 0.29) is 5.91 Å². The van der Waals surface area contributed by atoms with Gasteiger partial charge in [-0.05, 0) is 25.0 Å². The van der Waals surface area contributed by atoms with Crippen LogP contribution < -0.4 is 0 Å². The molecule has 4 nitrogen and oxygen atoms in total. The summed E-state index contributed by atoms with van der Waals surface area (Å²) in [6, 6.07) is 1.82. The van der Waals surface area contributed by atoms with Crippen LogP contribution in [0.25, 0.3) is 0 Å². The number of rotatable bonds is 1. The zero-order chi connectivity index (χ0) is 9.97. The second kappa shape index (κ2) is 3.75. The van der Waals surface area contributed by atoms with Crippen LogP contribution in [0.3, 0.4) is 0 Å². The van der Waals surface area contributed by atoms with Crippen LogP contribution >= 0.6 is 0 Å². The smallest absolute Gasteiger partial charge is 0.271 e. The Labute approximate surface area is 82.5 Å². The van der Waals surface area contributed by atoms with Crippen LogP contribution in [0.15, 0.2) is 18.5 Å². The molecule has 2 heterocycles. The summed E-state index contributed by atoms with van der Waals surface area (Å²) >= 11 is 0. The number of hydrogen-bond acceptors (Lipinski definition) is 3. The average Bonchev–Trinajstić information content (AvgIpc) is 2.69. The van der Waals surface area contributed by atoms with Crippen LogP contribution in [-0.4, -0.2) is 29.1 Å². The highest BCUT2D eigenvalue weighted by atomic mass is 16.7. The van der Waals surface area contributed by atoms with E-state index in [2.05, 4.69) is 4.98 Å². The molecule has 0 aromatic carbocycles. The predicted molar refractivity (Wildman–Crippen MR) is 50.6 cm³/mol. The van der Waals surface area contributed by atoms with Crippen molar-refractivity contribution in [3.05, 3.63) is 29.6 Å². The van der Waals surface area contributed by atoms with Gasteiger partial charge in [0.15, 0.2) is 0 Å². The second-order valence-electron chi connectivity index (χ2n) is 3.35. The minimum absolute atomic E-state index is 0.0984. The van der Waals surface area contributed by atoms with Gasteiger partial charge in [-0.1, -0.05) is 0 Å². The van der Waals surface area contributed by atoms with Gasteiger partial charge < -0.3 is 0 Å². The Morgan fingerprint density at radius 2 is 2.43 bits per heavy atom. The van der Waals surface area contributed by atoms with E-state index < -0.39 is 0 Å². The van der Waals surface area contributed by atoms with Crippen molar-refractivity contribution in [3.8, 4) is 0 Å². The van der Waals surface area contributed by atoms with E-state index in [4.69, 9.17) is 4.84 Å². The summed E-state index contributed by atoms with van der Waals surface area (Å²) in [6.45, 7) is 3.21. The Morgan fingerprint density at radius 1 is 1.57 bits per heavy atom. The van der Waals surface area contributed by atoms with Gasteiger partial charge in [0.25, 0.3) is 5.91 Å². The van der Waals surface area contributed by atoms with Crippen molar-refractivity contribution in [1.29, 1.82) is 0 Å². The molecule has 14 heavy (non-hydrogen) atoms. The van der Waals surface area contributed by atoms with Gasteiger partial charge in [-0.15, -0.1) is 0 Å². The van der Waals surface area contributed by atoms with Crippen LogP contribution in [0.5, 0.6) is 0 Å². The number of pyridine rings is 1. The molecule has 1 aliphatic rings. The van der Waals surface area contributed by atoms with Crippen molar-refractivity contribution in [2.75, 3.05) is 13.2 Å². The topological polar surface area (TPSA) is 42.4 Å². The van der Waals surface area contributed by atoms with Gasteiger partial charge in [-0.25, -0.2) is 5.06 Å². The summed E-state index contributed by atoms with van der Waals surface area (Å²) in [7, 11) is 0. The summed E-state index contributed by atoms with van der Waals surface area (Å²) in [6.07, 6.45) is 4.20. The number of carbonyl (C=O) groups excluding carboxylic acids is 1. The molecule has 1 saturated heterocycles. The van der Waals surface area contributed by atoms with E-state index >= 15 is 0 Å². The van der Waals surface area contributed by atoms with E-state index in [0.717, 1.165) is 12.0 Å². The van der Waals surface area contributed by atoms with E-state index in [1.165, 1.54) is 5.06 Å². The fourth-order valence-corrected chi connectivity index (χ4v) is 1.42. The lowest BCUT2D eigenvalue weighted by Crippen LogP contribution is -2.26. The normalized spacial score (nSPS) is 15.9. The molecule has 0 saturated carbocycles. The molecule has 1 aliphatic heterocycles. The summed E-state index contributed by atoms with van der Waals surface area (Å²) in [5.74, 6) is -0.0984. The predicted octanol–water partition coefficient (Wildman–Crippen LogP) is 1.17. The van der Waals surface area contributed by atoms with Gasteiger partial charge in [0.1, 0.15) is 0 Å². The van der Waals surface area contributed by atoms with Gasteiger partial charge in [0.2, 0.25) is 0 Å². The molecule has 74 valence electrons. The van der Waals surface area contributed by atoms with Crippen LogP contribution in [0, 0.1) is 6.92 Å². The van der Waals surface area contributed by atoms with Gasteiger partial charge >= 0.3 is 0 Å². The highest BCUT2D eigenvalue weighted by Crippen LogP contribution is 2.11. The first-order valence-corrected chi connectivity index (χ1v) is 4.64. The van der Waals surface area contributed by atoms with E-state index in [1.54, 1.807) is 12.4 Å². The Bertz CT molecular complexity index is 346. The maximum absolute atomic E-state index is 11.8. The molecule has 0 atom stereocenters. The third-order valence-electron chi connectivity index (χ3n) is 2.10. The third-order valence-corrected chi connectivity index (χ3v) is 2.10. The SMILES string of the molecule is Cc1cncc(C(=O)N2CCCO2)c1. The maximum atomic E-state index is 11.8. The molecule has 4 heteroatoms. The molecule has 0 spiro atoms. The number of nitrogens with zero attached hydrogens (tertiary/aromatic N) is 2. The molecule has 0 unspecified atom stereocenters. The molecule has 0 N–H and O–H groups in total. The first-order valence-electron chi connectivity index (χ1n) is 4.64. The quantitative estimate of drug-likeness (QED) is 0.670. The molecule has 0 aliphatic carbocycles. The zero-order valence-electron chi connectivity index (χ0n) is 8.06. The molecule has 0 bridgehead atoms. The lowest BCUT2D eigenvalue weighted by atomic mass is 10.2. The number of carbonyl (C=O) groups is 1. The van der Waals surface area contributed by atoms with Crippen molar-refractivity contribution in [3.63, 3.8) is 0 Å². The van der Waals surface area contributed by atoms with Crippen molar-refractivity contribution in [2.24, 2.45) is 0 Å². The summed E-state index contributed by atoms with van der Waals surface area (Å²) in [4.78, 5) is 20.9. The maximum Gasteiger partial charge on any atom is 0.278 e. The van der Waals surface area contributed by atoms with Crippen molar-refractivity contribution >= 4 is 5.91 Å². The Kier molecular flexibility index (Phi) is 2.45. The monoisotopic (exact) mass is 192 g/mol. The lowest BCUT2D eigenvalue weighted by molar-refractivity contribution is -0.0768. The number of hydrogen-bond donors (Lipinski definition) is 0. The highest BCUT2D eigenvalue weighted by molar-refractivity contribution is 5.93. The van der Waals surface area contributed by atoms with E-state index in [9.17, 15) is 4.79 Å². The molecular formula is C10H12N2O2. The van der Waals surface area contributed by atoms with E-state index in [1.807, 2.05) is 13.0 Å². The van der Waals surface area contributed by atoms with Crippen molar-refractivity contribution in [2.45, 2.75) is 13.3 Å². The molecule has 1 amide bonds. The van der Waals surface area contributed by atoms with Crippen LogP contribution in [0.2, 0.25) is 0 Å². The summed E-state index contributed by atoms with van der Waals surface area (Å²) < 4.78 is 0. The Balaban J connectivity index is 2.17.